The number of methoxy groups -OCH3 is 1. The Hall–Kier alpha value is -1.55. The van der Waals surface area contributed by atoms with Crippen LogP contribution in [0.15, 0.2) is 24.3 Å². The standard InChI is InChI=1S/C17H26N2O2/c1-5-19(15-10-6-13(2)7-11-15)12-17(3,16(20)21-4)18-14-8-9-14/h6-7,10-11,14,18H,5,8-9,12H2,1-4H3. The molecule has 0 bridgehead atoms. The zero-order valence-electron chi connectivity index (χ0n) is 13.5. The van der Waals surface area contributed by atoms with Crippen molar-refractivity contribution in [3.8, 4) is 0 Å². The predicted molar refractivity (Wildman–Crippen MR) is 85.6 cm³/mol. The molecule has 1 fully saturated rings. The van der Waals surface area contributed by atoms with Crippen molar-refractivity contribution in [2.75, 3.05) is 25.1 Å². The number of aryl methyl sites for hydroxylation is 1. The van der Waals surface area contributed by atoms with E-state index in [9.17, 15) is 4.79 Å². The van der Waals surface area contributed by atoms with E-state index in [1.54, 1.807) is 0 Å². The van der Waals surface area contributed by atoms with E-state index in [0.29, 0.717) is 12.6 Å². The summed E-state index contributed by atoms with van der Waals surface area (Å²) in [6.45, 7) is 7.58. The summed E-state index contributed by atoms with van der Waals surface area (Å²) in [5, 5.41) is 3.45. The van der Waals surface area contributed by atoms with Gasteiger partial charge in [-0.05, 0) is 45.7 Å². The van der Waals surface area contributed by atoms with E-state index < -0.39 is 5.54 Å². The second-order valence-corrected chi connectivity index (χ2v) is 6.09. The molecule has 1 saturated carbocycles. The second-order valence-electron chi connectivity index (χ2n) is 6.09. The summed E-state index contributed by atoms with van der Waals surface area (Å²) >= 11 is 0. The van der Waals surface area contributed by atoms with Crippen LogP contribution in [-0.2, 0) is 9.53 Å². The molecular weight excluding hydrogens is 264 g/mol. The molecule has 1 aliphatic carbocycles. The van der Waals surface area contributed by atoms with Gasteiger partial charge in [0, 0.05) is 24.8 Å². The summed E-state index contributed by atoms with van der Waals surface area (Å²) in [5.74, 6) is -0.194. The summed E-state index contributed by atoms with van der Waals surface area (Å²) < 4.78 is 5.02. The molecular formula is C17H26N2O2. The average molecular weight is 290 g/mol. The first-order valence-corrected chi connectivity index (χ1v) is 7.66. The van der Waals surface area contributed by atoms with E-state index in [1.807, 2.05) is 6.92 Å². The number of hydrogen-bond donors (Lipinski definition) is 1. The molecule has 4 heteroatoms. The maximum absolute atomic E-state index is 12.2. The minimum atomic E-state index is -0.670. The Morgan fingerprint density at radius 1 is 1.38 bits per heavy atom. The number of anilines is 1. The molecule has 116 valence electrons. The number of benzene rings is 1. The summed E-state index contributed by atoms with van der Waals surface area (Å²) in [4.78, 5) is 14.4. The van der Waals surface area contributed by atoms with Gasteiger partial charge in [-0.25, -0.2) is 4.79 Å². The molecule has 0 amide bonds. The molecule has 1 N–H and O–H groups in total. The number of hydrogen-bond acceptors (Lipinski definition) is 4. The van der Waals surface area contributed by atoms with E-state index in [1.165, 1.54) is 12.7 Å². The summed E-state index contributed by atoms with van der Waals surface area (Å²) in [7, 11) is 1.46. The Morgan fingerprint density at radius 3 is 2.48 bits per heavy atom. The van der Waals surface area contributed by atoms with Crippen molar-refractivity contribution < 1.29 is 9.53 Å². The van der Waals surface area contributed by atoms with Crippen molar-refractivity contribution >= 4 is 11.7 Å². The molecule has 0 aromatic heterocycles. The second kappa shape index (κ2) is 6.48. The molecule has 1 atom stereocenters. The Morgan fingerprint density at radius 2 is 2.00 bits per heavy atom. The maximum Gasteiger partial charge on any atom is 0.327 e. The van der Waals surface area contributed by atoms with E-state index in [0.717, 1.165) is 25.1 Å². The Balaban J connectivity index is 2.15. The van der Waals surface area contributed by atoms with Crippen LogP contribution in [0.1, 0.15) is 32.3 Å². The molecule has 4 nitrogen and oxygen atoms in total. The van der Waals surface area contributed by atoms with Crippen LogP contribution in [0, 0.1) is 6.92 Å². The van der Waals surface area contributed by atoms with Gasteiger partial charge in [0.2, 0.25) is 0 Å². The minimum Gasteiger partial charge on any atom is -0.468 e. The Labute approximate surface area is 127 Å². The highest BCUT2D eigenvalue weighted by Gasteiger charge is 2.40. The van der Waals surface area contributed by atoms with Gasteiger partial charge < -0.3 is 9.64 Å². The smallest absolute Gasteiger partial charge is 0.327 e. The molecule has 1 aliphatic rings. The minimum absolute atomic E-state index is 0.194. The lowest BCUT2D eigenvalue weighted by Gasteiger charge is -2.35. The number of likely N-dealkylation sites (N-methyl/N-ethyl adjacent to an activating group) is 1. The number of ether oxygens (including phenoxy) is 1. The highest BCUT2D eigenvalue weighted by molar-refractivity contribution is 5.81. The number of rotatable bonds is 7. The summed E-state index contributed by atoms with van der Waals surface area (Å²) in [6, 6.07) is 8.86. The van der Waals surface area contributed by atoms with Gasteiger partial charge in [-0.3, -0.25) is 5.32 Å². The first kappa shape index (κ1) is 15.8. The highest BCUT2D eigenvalue weighted by atomic mass is 16.5. The third-order valence-electron chi connectivity index (χ3n) is 4.02. The van der Waals surface area contributed by atoms with Gasteiger partial charge in [0.1, 0.15) is 5.54 Å². The zero-order valence-corrected chi connectivity index (χ0v) is 13.5. The van der Waals surface area contributed by atoms with Crippen LogP contribution >= 0.6 is 0 Å². The van der Waals surface area contributed by atoms with E-state index in [2.05, 4.69) is 48.3 Å². The number of esters is 1. The highest BCUT2D eigenvalue weighted by Crippen LogP contribution is 2.25. The summed E-state index contributed by atoms with van der Waals surface area (Å²) in [6.07, 6.45) is 2.28. The third-order valence-corrected chi connectivity index (χ3v) is 4.02. The van der Waals surface area contributed by atoms with Crippen LogP contribution in [0.4, 0.5) is 5.69 Å². The summed E-state index contributed by atoms with van der Waals surface area (Å²) in [5.41, 5.74) is 1.70. The topological polar surface area (TPSA) is 41.6 Å². The third kappa shape index (κ3) is 3.97. The molecule has 21 heavy (non-hydrogen) atoms. The number of carbonyl (C=O) groups excluding carboxylic acids is 1. The lowest BCUT2D eigenvalue weighted by Crippen LogP contribution is -2.58. The van der Waals surface area contributed by atoms with Gasteiger partial charge in [0.05, 0.1) is 7.11 Å². The largest absolute Gasteiger partial charge is 0.468 e. The van der Waals surface area contributed by atoms with E-state index in [-0.39, 0.29) is 5.97 Å². The first-order chi connectivity index (χ1) is 9.98. The van der Waals surface area contributed by atoms with E-state index >= 15 is 0 Å². The van der Waals surface area contributed by atoms with Gasteiger partial charge in [0.25, 0.3) is 0 Å². The molecule has 1 unspecified atom stereocenters. The Kier molecular flexibility index (Phi) is 4.88. The average Bonchev–Trinajstić information content (AvgIpc) is 3.28. The zero-order chi connectivity index (χ0) is 15.5. The van der Waals surface area contributed by atoms with Crippen LogP contribution < -0.4 is 10.2 Å². The lowest BCUT2D eigenvalue weighted by atomic mass is 10.0. The van der Waals surface area contributed by atoms with Gasteiger partial charge in [-0.15, -0.1) is 0 Å². The SMILES string of the molecule is CCN(CC(C)(NC1CC1)C(=O)OC)c1ccc(C)cc1. The molecule has 0 aliphatic heterocycles. The molecule has 0 spiro atoms. The maximum atomic E-state index is 12.2. The number of carbonyl (C=O) groups is 1. The normalized spacial score (nSPS) is 17.1. The fraction of sp³-hybridized carbons (Fsp3) is 0.588. The number of nitrogens with zero attached hydrogens (tertiary/aromatic N) is 1. The van der Waals surface area contributed by atoms with Crippen molar-refractivity contribution in [3.05, 3.63) is 29.8 Å². The monoisotopic (exact) mass is 290 g/mol. The van der Waals surface area contributed by atoms with Gasteiger partial charge in [0.15, 0.2) is 0 Å². The van der Waals surface area contributed by atoms with Gasteiger partial charge in [-0.1, -0.05) is 17.7 Å². The van der Waals surface area contributed by atoms with Crippen molar-refractivity contribution in [3.63, 3.8) is 0 Å². The van der Waals surface area contributed by atoms with Crippen molar-refractivity contribution in [2.45, 2.75) is 45.2 Å². The molecule has 0 heterocycles. The van der Waals surface area contributed by atoms with E-state index in [4.69, 9.17) is 4.74 Å². The van der Waals surface area contributed by atoms with Gasteiger partial charge in [-0.2, -0.15) is 0 Å². The molecule has 2 rings (SSSR count). The molecule has 0 radical (unpaired) electrons. The quantitative estimate of drug-likeness (QED) is 0.784. The van der Waals surface area contributed by atoms with Crippen LogP contribution in [0.2, 0.25) is 0 Å². The molecule has 0 saturated heterocycles. The molecule has 1 aromatic carbocycles. The van der Waals surface area contributed by atoms with Gasteiger partial charge >= 0.3 is 5.97 Å². The fourth-order valence-electron chi connectivity index (χ4n) is 2.60. The van der Waals surface area contributed by atoms with Crippen molar-refractivity contribution in [1.29, 1.82) is 0 Å². The van der Waals surface area contributed by atoms with Crippen molar-refractivity contribution in [1.82, 2.24) is 5.32 Å². The Bertz CT molecular complexity index is 482. The van der Waals surface area contributed by atoms with Crippen LogP contribution in [0.25, 0.3) is 0 Å². The van der Waals surface area contributed by atoms with Crippen LogP contribution in [0.3, 0.4) is 0 Å². The fourth-order valence-corrected chi connectivity index (χ4v) is 2.60. The number of nitrogens with one attached hydrogen (secondary N) is 1. The van der Waals surface area contributed by atoms with Crippen LogP contribution in [0.5, 0.6) is 0 Å². The van der Waals surface area contributed by atoms with Crippen LogP contribution in [-0.4, -0.2) is 37.7 Å². The van der Waals surface area contributed by atoms with Crippen molar-refractivity contribution in [2.24, 2.45) is 0 Å². The first-order valence-electron chi connectivity index (χ1n) is 7.66. The predicted octanol–water partition coefficient (Wildman–Crippen LogP) is 2.51. The lowest BCUT2D eigenvalue weighted by molar-refractivity contribution is -0.147. The molecule has 1 aromatic rings.